The minimum atomic E-state index is 0.428. The zero-order valence-electron chi connectivity index (χ0n) is 12.4. The fourth-order valence-electron chi connectivity index (χ4n) is 4.23. The van der Waals surface area contributed by atoms with Gasteiger partial charge in [0.1, 0.15) is 0 Å². The van der Waals surface area contributed by atoms with E-state index in [1.54, 1.807) is 0 Å². The molecule has 0 amide bonds. The van der Waals surface area contributed by atoms with Gasteiger partial charge in [-0.3, -0.25) is 0 Å². The minimum Gasteiger partial charge on any atom is -0.307 e. The monoisotopic (exact) mass is 291 g/mol. The predicted octanol–water partition coefficient (Wildman–Crippen LogP) is 5.35. The van der Waals surface area contributed by atoms with Crippen molar-refractivity contribution in [3.05, 3.63) is 34.9 Å². The van der Waals surface area contributed by atoms with Crippen LogP contribution in [-0.4, -0.2) is 6.04 Å². The molecule has 1 aromatic rings. The van der Waals surface area contributed by atoms with Crippen LogP contribution >= 0.6 is 11.6 Å². The second-order valence-electron chi connectivity index (χ2n) is 6.75. The van der Waals surface area contributed by atoms with Gasteiger partial charge >= 0.3 is 0 Å². The lowest BCUT2D eigenvalue weighted by Crippen LogP contribution is -2.39. The zero-order valence-corrected chi connectivity index (χ0v) is 13.2. The zero-order chi connectivity index (χ0) is 13.9. The van der Waals surface area contributed by atoms with Crippen LogP contribution in [-0.2, 0) is 0 Å². The maximum absolute atomic E-state index is 5.96. The van der Waals surface area contributed by atoms with Gasteiger partial charge in [0, 0.05) is 17.1 Å². The highest BCUT2D eigenvalue weighted by Crippen LogP contribution is 2.40. The lowest BCUT2D eigenvalue weighted by Gasteiger charge is -2.40. The number of halogens is 1. The summed E-state index contributed by atoms with van der Waals surface area (Å²) in [5.74, 6) is 2.03. The molecule has 0 saturated heterocycles. The minimum absolute atomic E-state index is 0.428. The standard InChI is InChI=1S/C18H26ClN/c1-13(14-6-9-17(19)10-7-14)20-18-11-8-15-4-2-3-5-16(15)12-18/h6-7,9-10,13,15-16,18,20H,2-5,8,11-12H2,1H3. The normalized spacial score (nSPS) is 31.6. The molecular formula is C18H26ClN. The summed E-state index contributed by atoms with van der Waals surface area (Å²) >= 11 is 5.96. The molecule has 20 heavy (non-hydrogen) atoms. The van der Waals surface area contributed by atoms with E-state index >= 15 is 0 Å². The molecule has 1 nitrogen and oxygen atoms in total. The third-order valence-electron chi connectivity index (χ3n) is 5.40. The molecule has 1 aromatic carbocycles. The molecule has 0 bridgehead atoms. The number of benzene rings is 1. The lowest BCUT2D eigenvalue weighted by molar-refractivity contribution is 0.139. The molecule has 0 spiro atoms. The Morgan fingerprint density at radius 3 is 2.45 bits per heavy atom. The van der Waals surface area contributed by atoms with E-state index in [4.69, 9.17) is 11.6 Å². The second kappa shape index (κ2) is 6.49. The molecule has 0 aromatic heterocycles. The van der Waals surface area contributed by atoms with Crippen molar-refractivity contribution in [2.24, 2.45) is 11.8 Å². The molecule has 2 aliphatic rings. The Labute approximate surface area is 128 Å². The fraction of sp³-hybridized carbons (Fsp3) is 0.667. The summed E-state index contributed by atoms with van der Waals surface area (Å²) in [6.07, 6.45) is 10.1. The summed E-state index contributed by atoms with van der Waals surface area (Å²) < 4.78 is 0. The van der Waals surface area contributed by atoms with Crippen LogP contribution in [0, 0.1) is 11.8 Å². The average molecular weight is 292 g/mol. The van der Waals surface area contributed by atoms with E-state index in [0.29, 0.717) is 12.1 Å². The van der Waals surface area contributed by atoms with Crippen LogP contribution in [0.2, 0.25) is 5.02 Å². The first-order valence-electron chi connectivity index (χ1n) is 8.24. The van der Waals surface area contributed by atoms with Gasteiger partial charge < -0.3 is 5.32 Å². The van der Waals surface area contributed by atoms with Gasteiger partial charge in [0.2, 0.25) is 0 Å². The molecule has 4 unspecified atom stereocenters. The van der Waals surface area contributed by atoms with Crippen molar-refractivity contribution in [1.82, 2.24) is 5.32 Å². The van der Waals surface area contributed by atoms with E-state index in [2.05, 4.69) is 24.4 Å². The van der Waals surface area contributed by atoms with Crippen LogP contribution in [0.15, 0.2) is 24.3 Å². The van der Waals surface area contributed by atoms with Crippen LogP contribution in [0.4, 0.5) is 0 Å². The van der Waals surface area contributed by atoms with Crippen LogP contribution in [0.1, 0.15) is 63.5 Å². The molecule has 110 valence electrons. The highest BCUT2D eigenvalue weighted by Gasteiger charge is 2.32. The average Bonchev–Trinajstić information content (AvgIpc) is 2.48. The molecule has 2 aliphatic carbocycles. The van der Waals surface area contributed by atoms with Crippen molar-refractivity contribution in [2.45, 2.75) is 64.0 Å². The summed E-state index contributed by atoms with van der Waals surface area (Å²) in [5.41, 5.74) is 1.35. The maximum atomic E-state index is 5.96. The van der Waals surface area contributed by atoms with E-state index in [9.17, 15) is 0 Å². The Morgan fingerprint density at radius 1 is 1.00 bits per heavy atom. The van der Waals surface area contributed by atoms with Crippen LogP contribution < -0.4 is 5.32 Å². The van der Waals surface area contributed by atoms with Gasteiger partial charge in [-0.1, -0.05) is 49.4 Å². The maximum Gasteiger partial charge on any atom is 0.0406 e. The van der Waals surface area contributed by atoms with E-state index in [1.165, 1.54) is 50.5 Å². The number of fused-ring (bicyclic) bond motifs is 1. The van der Waals surface area contributed by atoms with Gasteiger partial charge in [-0.2, -0.15) is 0 Å². The summed E-state index contributed by atoms with van der Waals surface area (Å²) in [6.45, 7) is 2.27. The number of hydrogen-bond acceptors (Lipinski definition) is 1. The van der Waals surface area contributed by atoms with Gasteiger partial charge in [-0.15, -0.1) is 0 Å². The summed E-state index contributed by atoms with van der Waals surface area (Å²) in [7, 11) is 0. The Bertz CT molecular complexity index is 428. The number of hydrogen-bond donors (Lipinski definition) is 1. The molecular weight excluding hydrogens is 266 g/mol. The van der Waals surface area contributed by atoms with E-state index < -0.39 is 0 Å². The molecule has 0 aliphatic heterocycles. The van der Waals surface area contributed by atoms with Crippen molar-refractivity contribution >= 4 is 11.6 Å². The third kappa shape index (κ3) is 3.38. The van der Waals surface area contributed by atoms with Gasteiger partial charge in [-0.25, -0.2) is 0 Å². The van der Waals surface area contributed by atoms with E-state index in [1.807, 2.05) is 12.1 Å². The molecule has 1 N–H and O–H groups in total. The number of rotatable bonds is 3. The molecule has 0 radical (unpaired) electrons. The predicted molar refractivity (Wildman–Crippen MR) is 86.1 cm³/mol. The molecule has 4 atom stereocenters. The SMILES string of the molecule is CC(NC1CCC2CCCCC2C1)c1ccc(Cl)cc1. The van der Waals surface area contributed by atoms with Crippen molar-refractivity contribution in [2.75, 3.05) is 0 Å². The molecule has 2 heteroatoms. The largest absolute Gasteiger partial charge is 0.307 e. The summed E-state index contributed by atoms with van der Waals surface area (Å²) in [5, 5.41) is 4.67. The van der Waals surface area contributed by atoms with Crippen molar-refractivity contribution in [3.8, 4) is 0 Å². The molecule has 0 heterocycles. The lowest BCUT2D eigenvalue weighted by atomic mass is 9.69. The molecule has 2 fully saturated rings. The van der Waals surface area contributed by atoms with Crippen LogP contribution in [0.5, 0.6) is 0 Å². The highest BCUT2D eigenvalue weighted by atomic mass is 35.5. The Balaban J connectivity index is 1.56. The number of nitrogens with one attached hydrogen (secondary N) is 1. The Hall–Kier alpha value is -0.530. The van der Waals surface area contributed by atoms with Gasteiger partial charge in [-0.05, 0) is 55.7 Å². The van der Waals surface area contributed by atoms with Crippen molar-refractivity contribution in [1.29, 1.82) is 0 Å². The van der Waals surface area contributed by atoms with E-state index in [-0.39, 0.29) is 0 Å². The smallest absolute Gasteiger partial charge is 0.0406 e. The molecule has 2 saturated carbocycles. The highest BCUT2D eigenvalue weighted by molar-refractivity contribution is 6.30. The fourth-order valence-corrected chi connectivity index (χ4v) is 4.35. The van der Waals surface area contributed by atoms with Crippen molar-refractivity contribution in [3.63, 3.8) is 0 Å². The van der Waals surface area contributed by atoms with Crippen LogP contribution in [0.3, 0.4) is 0 Å². The summed E-state index contributed by atoms with van der Waals surface area (Å²) in [6, 6.07) is 9.41. The molecule has 3 rings (SSSR count). The first-order chi connectivity index (χ1) is 9.72. The second-order valence-corrected chi connectivity index (χ2v) is 7.19. The van der Waals surface area contributed by atoms with Crippen molar-refractivity contribution < 1.29 is 0 Å². The Morgan fingerprint density at radius 2 is 1.70 bits per heavy atom. The summed E-state index contributed by atoms with van der Waals surface area (Å²) in [4.78, 5) is 0. The van der Waals surface area contributed by atoms with E-state index in [0.717, 1.165) is 16.9 Å². The first kappa shape index (κ1) is 14.4. The quantitative estimate of drug-likeness (QED) is 0.791. The third-order valence-corrected chi connectivity index (χ3v) is 5.65. The topological polar surface area (TPSA) is 12.0 Å². The van der Waals surface area contributed by atoms with Gasteiger partial charge in [0.15, 0.2) is 0 Å². The Kier molecular flexibility index (Phi) is 4.68. The van der Waals surface area contributed by atoms with Gasteiger partial charge in [0.25, 0.3) is 0 Å². The van der Waals surface area contributed by atoms with Gasteiger partial charge in [0.05, 0.1) is 0 Å². The first-order valence-corrected chi connectivity index (χ1v) is 8.61. The van der Waals surface area contributed by atoms with Crippen LogP contribution in [0.25, 0.3) is 0 Å².